The SMILES string of the molecule is CC(NC(=O)/C=C/C1C(c2ccc(F)cc2)N=C2SC(C(F)(F)F)=NN21)C(F)(F)F. The first-order valence-electron chi connectivity index (χ1n) is 8.38. The van der Waals surface area contributed by atoms with Crippen LogP contribution in [0.2, 0.25) is 0 Å². The molecule has 0 saturated heterocycles. The monoisotopic (exact) mass is 454 g/mol. The molecule has 1 aromatic rings. The molecule has 2 aliphatic heterocycles. The van der Waals surface area contributed by atoms with Crippen molar-refractivity contribution in [2.75, 3.05) is 0 Å². The van der Waals surface area contributed by atoms with Crippen molar-refractivity contribution in [2.24, 2.45) is 10.1 Å². The zero-order valence-electron chi connectivity index (χ0n) is 15.0. The average Bonchev–Trinajstić information content (AvgIpc) is 3.18. The van der Waals surface area contributed by atoms with Gasteiger partial charge >= 0.3 is 12.4 Å². The van der Waals surface area contributed by atoms with Crippen molar-refractivity contribution >= 4 is 27.9 Å². The van der Waals surface area contributed by atoms with E-state index in [1.807, 2.05) is 0 Å². The van der Waals surface area contributed by atoms with Crippen molar-refractivity contribution < 1.29 is 35.5 Å². The lowest BCUT2D eigenvalue weighted by molar-refractivity contribution is -0.156. The maximum Gasteiger partial charge on any atom is 0.441 e. The van der Waals surface area contributed by atoms with Crippen LogP contribution >= 0.6 is 11.8 Å². The minimum atomic E-state index is -4.71. The van der Waals surface area contributed by atoms with Crippen LogP contribution in [0.1, 0.15) is 18.5 Å². The molecule has 13 heteroatoms. The van der Waals surface area contributed by atoms with Crippen LogP contribution in [0.15, 0.2) is 46.5 Å². The highest BCUT2D eigenvalue weighted by atomic mass is 32.2. The van der Waals surface area contributed by atoms with Crippen LogP contribution in [0, 0.1) is 5.82 Å². The van der Waals surface area contributed by atoms with E-state index in [1.165, 1.54) is 12.1 Å². The Labute approximate surface area is 169 Å². The Hall–Kier alpha value is -2.57. The van der Waals surface area contributed by atoms with E-state index < -0.39 is 47.2 Å². The summed E-state index contributed by atoms with van der Waals surface area (Å²) in [6.45, 7) is 0.751. The van der Waals surface area contributed by atoms with Crippen molar-refractivity contribution in [2.45, 2.75) is 37.4 Å². The number of fused-ring (bicyclic) bond motifs is 1. The Morgan fingerprint density at radius 2 is 1.83 bits per heavy atom. The number of nitrogens with one attached hydrogen (secondary N) is 1. The highest BCUT2D eigenvalue weighted by Gasteiger charge is 2.48. The fourth-order valence-corrected chi connectivity index (χ4v) is 3.51. The fourth-order valence-electron chi connectivity index (χ4n) is 2.67. The van der Waals surface area contributed by atoms with Crippen molar-refractivity contribution in [3.05, 3.63) is 47.8 Å². The number of benzene rings is 1. The first-order valence-corrected chi connectivity index (χ1v) is 9.19. The number of amides is 1. The van der Waals surface area contributed by atoms with E-state index in [4.69, 9.17) is 0 Å². The Morgan fingerprint density at radius 1 is 1.20 bits per heavy atom. The summed E-state index contributed by atoms with van der Waals surface area (Å²) in [5.74, 6) is -1.62. The predicted molar refractivity (Wildman–Crippen MR) is 96.1 cm³/mol. The Bertz CT molecular complexity index is 908. The third kappa shape index (κ3) is 4.77. The zero-order valence-corrected chi connectivity index (χ0v) is 15.8. The van der Waals surface area contributed by atoms with Crippen molar-refractivity contribution in [1.29, 1.82) is 0 Å². The number of halogens is 7. The second-order valence-electron chi connectivity index (χ2n) is 6.38. The molecule has 1 amide bonds. The van der Waals surface area contributed by atoms with Crippen LogP contribution in [0.5, 0.6) is 0 Å². The van der Waals surface area contributed by atoms with E-state index in [2.05, 4.69) is 10.1 Å². The zero-order chi connectivity index (χ0) is 22.3. The van der Waals surface area contributed by atoms with Gasteiger partial charge in [-0.1, -0.05) is 18.2 Å². The van der Waals surface area contributed by atoms with Crippen LogP contribution in [-0.4, -0.2) is 45.6 Å². The van der Waals surface area contributed by atoms with E-state index in [9.17, 15) is 35.5 Å². The molecular formula is C17H13F7N4OS. The minimum absolute atomic E-state index is 0.0876. The molecule has 0 fully saturated rings. The third-order valence-corrected chi connectivity index (χ3v) is 5.17. The molecule has 0 saturated carbocycles. The molecule has 0 bridgehead atoms. The minimum Gasteiger partial charge on any atom is -0.341 e. The summed E-state index contributed by atoms with van der Waals surface area (Å²) < 4.78 is 89.8. The number of hydrogen-bond acceptors (Lipinski definition) is 5. The van der Waals surface area contributed by atoms with E-state index >= 15 is 0 Å². The number of rotatable bonds is 4. The highest BCUT2D eigenvalue weighted by molar-refractivity contribution is 8.27. The van der Waals surface area contributed by atoms with Gasteiger partial charge in [0.25, 0.3) is 0 Å². The van der Waals surface area contributed by atoms with E-state index in [0.717, 1.165) is 36.2 Å². The van der Waals surface area contributed by atoms with Gasteiger partial charge in [-0.25, -0.2) is 14.4 Å². The molecule has 3 rings (SSSR count). The van der Waals surface area contributed by atoms with Gasteiger partial charge in [0.1, 0.15) is 17.9 Å². The van der Waals surface area contributed by atoms with Crippen LogP contribution in [0.3, 0.4) is 0 Å². The second kappa shape index (κ2) is 7.93. The first kappa shape index (κ1) is 22.1. The number of hydrogen-bond donors (Lipinski definition) is 1. The number of alkyl halides is 6. The van der Waals surface area contributed by atoms with Crippen molar-refractivity contribution in [3.8, 4) is 0 Å². The molecule has 0 spiro atoms. The van der Waals surface area contributed by atoms with Crippen LogP contribution in [0.4, 0.5) is 30.7 Å². The average molecular weight is 454 g/mol. The molecule has 2 heterocycles. The summed E-state index contributed by atoms with van der Waals surface area (Å²) >= 11 is 0.285. The lowest BCUT2D eigenvalue weighted by Gasteiger charge is -2.21. The molecule has 3 unspecified atom stereocenters. The van der Waals surface area contributed by atoms with Crippen LogP contribution < -0.4 is 5.32 Å². The molecule has 2 aliphatic rings. The lowest BCUT2D eigenvalue weighted by Crippen LogP contribution is -2.42. The standard InChI is InChI=1S/C17H13F7N4OS/c1-8(16(19,20)21)25-12(29)7-6-11-13(9-2-4-10(18)5-3-9)26-15-28(11)27-14(30-15)17(22,23)24/h2-8,11,13H,1H3,(H,25,29)/b7-6+. The van der Waals surface area contributed by atoms with Crippen LogP contribution in [0.25, 0.3) is 0 Å². The van der Waals surface area contributed by atoms with E-state index in [1.54, 1.807) is 5.32 Å². The summed E-state index contributed by atoms with van der Waals surface area (Å²) in [4.78, 5) is 16.0. The van der Waals surface area contributed by atoms with Crippen molar-refractivity contribution in [1.82, 2.24) is 10.3 Å². The third-order valence-electron chi connectivity index (χ3n) is 4.19. The molecule has 30 heavy (non-hydrogen) atoms. The summed E-state index contributed by atoms with van der Waals surface area (Å²) in [6, 6.07) is 1.04. The van der Waals surface area contributed by atoms with Gasteiger partial charge in [-0.3, -0.25) is 4.79 Å². The van der Waals surface area contributed by atoms with Crippen LogP contribution in [-0.2, 0) is 4.79 Å². The molecule has 162 valence electrons. The molecule has 5 nitrogen and oxygen atoms in total. The number of carbonyl (C=O) groups is 1. The lowest BCUT2D eigenvalue weighted by atomic mass is 10.00. The summed E-state index contributed by atoms with van der Waals surface area (Å²) in [5.41, 5.74) is 0.432. The van der Waals surface area contributed by atoms with E-state index in [0.29, 0.717) is 5.56 Å². The summed E-state index contributed by atoms with van der Waals surface area (Å²) in [5, 5.41) is 4.91. The maximum absolute atomic E-state index is 13.2. The van der Waals surface area contributed by atoms with Gasteiger partial charge in [0.15, 0.2) is 5.17 Å². The van der Waals surface area contributed by atoms with Gasteiger partial charge in [0, 0.05) is 6.08 Å². The number of hydrazone groups is 1. The van der Waals surface area contributed by atoms with Gasteiger partial charge in [-0.2, -0.15) is 31.4 Å². The molecule has 0 radical (unpaired) electrons. The second-order valence-corrected chi connectivity index (χ2v) is 7.34. The number of aliphatic imine (C=N–C) groups is 1. The molecular weight excluding hydrogens is 441 g/mol. The number of nitrogens with zero attached hydrogens (tertiary/aromatic N) is 3. The maximum atomic E-state index is 13.2. The first-order chi connectivity index (χ1) is 13.9. The van der Waals surface area contributed by atoms with E-state index in [-0.39, 0.29) is 16.9 Å². The molecule has 1 N–H and O–H groups in total. The normalized spacial score (nSPS) is 22.7. The smallest absolute Gasteiger partial charge is 0.341 e. The quantitative estimate of drug-likeness (QED) is 0.550. The summed E-state index contributed by atoms with van der Waals surface area (Å²) in [6.07, 6.45) is -7.46. The number of amidine groups is 1. The van der Waals surface area contributed by atoms with Crippen molar-refractivity contribution in [3.63, 3.8) is 0 Å². The fraction of sp³-hybridized carbons (Fsp3) is 0.353. The number of carbonyl (C=O) groups excluding carboxylic acids is 1. The largest absolute Gasteiger partial charge is 0.441 e. The number of thioether (sulfide) groups is 1. The predicted octanol–water partition coefficient (Wildman–Crippen LogP) is 4.15. The van der Waals surface area contributed by atoms with Gasteiger partial charge in [-0.15, -0.1) is 0 Å². The van der Waals surface area contributed by atoms with Gasteiger partial charge in [-0.05, 0) is 36.4 Å². The topological polar surface area (TPSA) is 57.1 Å². The highest BCUT2D eigenvalue weighted by Crippen LogP contribution is 2.42. The Kier molecular flexibility index (Phi) is 5.85. The molecule has 1 aromatic carbocycles. The summed E-state index contributed by atoms with van der Waals surface area (Å²) in [7, 11) is 0. The molecule has 0 aromatic heterocycles. The Morgan fingerprint density at radius 3 is 2.40 bits per heavy atom. The van der Waals surface area contributed by atoms with Gasteiger partial charge < -0.3 is 5.32 Å². The molecule has 0 aliphatic carbocycles. The van der Waals surface area contributed by atoms with Gasteiger partial charge in [0.05, 0.1) is 6.04 Å². The Balaban J connectivity index is 1.85. The molecule has 3 atom stereocenters. The van der Waals surface area contributed by atoms with Gasteiger partial charge in [0.2, 0.25) is 11.0 Å².